The fourth-order valence-electron chi connectivity index (χ4n) is 7.43. The standard InChI is InChI=1S/C26H28ClFN2O6.C20H23ClFNO3.C4H3NO4/c1-4-35-25(33)26(2,15-34-3)14-19(29-24(32)22-13-23(31)30-36-22)11-16-5-7-17(8-6-16)20-12-18(27)9-10-21(20)28;1-20(12-26-2,19(24)25)11-16(23)9-13-3-5-14(6-4-13)17-10-15(21)7-8-18(17)22;6-3-1-2(4(7)8)9-5-3/h5-10,12-13,19H,4,11,14-15H2,1-3H3,(H,29,32)(H,30,31);3-8,10,16H,9,11-12,23H2,1-2H3,(H,24,25);1H,(H,5,6)(H,7,8)/t19-,26+;16-,20+;/m11./s1. The number of nitrogens with two attached hydrogens (primary N) is 1. The van der Waals surface area contributed by atoms with Crippen molar-refractivity contribution in [2.75, 3.05) is 34.0 Å². The summed E-state index contributed by atoms with van der Waals surface area (Å²) in [7, 11) is 2.95. The number of esters is 1. The number of ether oxygens (including phenoxy) is 3. The normalized spacial score (nSPS) is 13.4. The Bertz CT molecular complexity index is 2850. The first-order valence-electron chi connectivity index (χ1n) is 21.7. The molecule has 0 aliphatic heterocycles. The molecule has 0 aliphatic rings. The average molecular weight is 1030 g/mol. The Morgan fingerprint density at radius 3 is 1.58 bits per heavy atom. The van der Waals surface area contributed by atoms with Gasteiger partial charge in [0.25, 0.3) is 17.0 Å². The molecule has 0 saturated carbocycles. The first-order valence-corrected chi connectivity index (χ1v) is 22.5. The third kappa shape index (κ3) is 16.9. The summed E-state index contributed by atoms with van der Waals surface area (Å²) in [4.78, 5) is 68.5. The molecule has 2 aromatic heterocycles. The lowest BCUT2D eigenvalue weighted by atomic mass is 9.82. The second-order valence-corrected chi connectivity index (χ2v) is 17.7. The highest BCUT2D eigenvalue weighted by Crippen LogP contribution is 2.31. The number of methoxy groups -OCH3 is 2. The summed E-state index contributed by atoms with van der Waals surface area (Å²) in [5, 5.41) is 25.2. The molecule has 0 spiro atoms. The number of aromatic nitrogens is 2. The topological polar surface area (TPSA) is 266 Å². The highest BCUT2D eigenvalue weighted by Gasteiger charge is 2.38. The van der Waals surface area contributed by atoms with Gasteiger partial charge >= 0.3 is 17.9 Å². The van der Waals surface area contributed by atoms with Gasteiger partial charge in [0.05, 0.1) is 42.8 Å². The van der Waals surface area contributed by atoms with Crippen molar-refractivity contribution in [2.45, 2.75) is 58.5 Å². The zero-order valence-corrected chi connectivity index (χ0v) is 40.8. The lowest BCUT2D eigenvalue weighted by molar-refractivity contribution is -0.158. The number of carbonyl (C=O) groups is 4. The van der Waals surface area contributed by atoms with Gasteiger partial charge < -0.3 is 44.5 Å². The molecule has 71 heavy (non-hydrogen) atoms. The number of carboxylic acid groups (broad SMARTS) is 2. The van der Waals surface area contributed by atoms with Gasteiger partial charge in [0.15, 0.2) is 0 Å². The molecule has 0 fully saturated rings. The zero-order chi connectivity index (χ0) is 52.5. The highest BCUT2D eigenvalue weighted by molar-refractivity contribution is 6.31. The van der Waals surface area contributed by atoms with Gasteiger partial charge in [-0.1, -0.05) is 71.7 Å². The van der Waals surface area contributed by atoms with E-state index in [0.717, 1.165) is 28.8 Å². The largest absolute Gasteiger partial charge is 0.481 e. The number of hydrogen-bond donors (Lipinski definition) is 6. The van der Waals surface area contributed by atoms with E-state index in [9.17, 15) is 42.7 Å². The van der Waals surface area contributed by atoms with Crippen molar-refractivity contribution in [2.24, 2.45) is 16.6 Å². The SMILES string of the molecule is CCOC(=O)[C@](C)(COC)C[C@@H](Cc1ccc(-c2cc(Cl)ccc2F)cc1)NC(=O)c1cc(=O)[nH]o1.COC[C@](C)(C[C@H](N)Cc1ccc(-c2cc(Cl)ccc2F)cc1)C(=O)O.O=C(O)c1cc(=O)[nH]o1. The molecule has 7 N–H and O–H groups in total. The van der Waals surface area contributed by atoms with Crippen LogP contribution in [0.4, 0.5) is 8.78 Å². The number of aromatic carboxylic acids is 1. The van der Waals surface area contributed by atoms with Gasteiger partial charge in [0, 0.05) is 47.5 Å². The van der Waals surface area contributed by atoms with Crippen LogP contribution in [0.3, 0.4) is 0 Å². The van der Waals surface area contributed by atoms with E-state index in [0.29, 0.717) is 46.0 Å². The smallest absolute Gasteiger partial charge is 0.374 e. The quantitative estimate of drug-likeness (QED) is 0.0394. The van der Waals surface area contributed by atoms with Crippen LogP contribution in [0, 0.1) is 22.5 Å². The average Bonchev–Trinajstić information content (AvgIpc) is 3.97. The van der Waals surface area contributed by atoms with Crippen LogP contribution in [-0.4, -0.2) is 90.5 Å². The molecule has 4 aromatic carbocycles. The van der Waals surface area contributed by atoms with Gasteiger partial charge in [-0.3, -0.25) is 24.0 Å². The summed E-state index contributed by atoms with van der Waals surface area (Å²) in [6.07, 6.45) is 1.33. The summed E-state index contributed by atoms with van der Waals surface area (Å²) < 4.78 is 52.9. The van der Waals surface area contributed by atoms with E-state index in [1.54, 1.807) is 45.0 Å². The molecular weight excluding hydrogens is 973 g/mol. The van der Waals surface area contributed by atoms with E-state index in [1.165, 1.54) is 38.5 Å². The Balaban J connectivity index is 0.000000271. The van der Waals surface area contributed by atoms with Gasteiger partial charge in [-0.05, 0) is 105 Å². The minimum absolute atomic E-state index is 0.0738. The van der Waals surface area contributed by atoms with Gasteiger partial charge in [0.2, 0.25) is 11.5 Å². The van der Waals surface area contributed by atoms with Crippen molar-refractivity contribution in [1.29, 1.82) is 0 Å². The molecular formula is C50H54Cl2F2N4O13. The van der Waals surface area contributed by atoms with Crippen LogP contribution in [-0.2, 0) is 36.6 Å². The van der Waals surface area contributed by atoms with Gasteiger partial charge in [-0.2, -0.15) is 10.3 Å². The van der Waals surface area contributed by atoms with Crippen LogP contribution in [0.2, 0.25) is 10.0 Å². The van der Waals surface area contributed by atoms with Crippen molar-refractivity contribution in [3.05, 3.63) is 162 Å². The minimum atomic E-state index is -1.26. The predicted octanol–water partition coefficient (Wildman–Crippen LogP) is 8.18. The molecule has 6 rings (SSSR count). The van der Waals surface area contributed by atoms with Crippen molar-refractivity contribution in [3.8, 4) is 22.3 Å². The number of aromatic amines is 2. The molecule has 0 bridgehead atoms. The Morgan fingerprint density at radius 2 is 1.17 bits per heavy atom. The van der Waals surface area contributed by atoms with Crippen LogP contribution < -0.4 is 22.2 Å². The molecule has 0 saturated heterocycles. The first kappa shape index (κ1) is 56.7. The number of halogens is 4. The lowest BCUT2D eigenvalue weighted by Gasteiger charge is -2.31. The molecule has 21 heteroatoms. The maximum atomic E-state index is 14.3. The molecule has 1 amide bonds. The minimum Gasteiger partial charge on any atom is -0.481 e. The summed E-state index contributed by atoms with van der Waals surface area (Å²) in [6, 6.07) is 24.3. The Labute approximate surface area is 416 Å². The third-order valence-electron chi connectivity index (χ3n) is 10.8. The van der Waals surface area contributed by atoms with Crippen LogP contribution in [0.25, 0.3) is 22.3 Å². The van der Waals surface area contributed by atoms with Crippen LogP contribution in [0.5, 0.6) is 0 Å². The molecule has 0 radical (unpaired) electrons. The summed E-state index contributed by atoms with van der Waals surface area (Å²) in [5.74, 6) is -4.53. The first-order chi connectivity index (χ1) is 33.6. The van der Waals surface area contributed by atoms with Crippen molar-refractivity contribution >= 4 is 47.0 Å². The number of aliphatic carboxylic acids is 1. The number of rotatable bonds is 20. The number of nitrogens with one attached hydrogen (secondary N) is 3. The Hall–Kier alpha value is -6.90. The van der Waals surface area contributed by atoms with Gasteiger partial charge in [0.1, 0.15) is 11.6 Å². The van der Waals surface area contributed by atoms with Crippen LogP contribution in [0.15, 0.2) is 116 Å². The fourth-order valence-corrected chi connectivity index (χ4v) is 7.77. The number of carbonyl (C=O) groups excluding carboxylic acids is 2. The Morgan fingerprint density at radius 1 is 0.704 bits per heavy atom. The summed E-state index contributed by atoms with van der Waals surface area (Å²) in [5.41, 5.74) is 6.93. The predicted molar refractivity (Wildman–Crippen MR) is 259 cm³/mol. The van der Waals surface area contributed by atoms with Gasteiger partial charge in [-0.25, -0.2) is 13.6 Å². The van der Waals surface area contributed by atoms with E-state index >= 15 is 0 Å². The second-order valence-electron chi connectivity index (χ2n) is 16.9. The summed E-state index contributed by atoms with van der Waals surface area (Å²) in [6.45, 7) is 5.42. The Kier molecular flexibility index (Phi) is 21.0. The molecule has 0 unspecified atom stereocenters. The van der Waals surface area contributed by atoms with Crippen LogP contribution in [0.1, 0.15) is 65.8 Å². The number of carboxylic acids is 2. The zero-order valence-electron chi connectivity index (χ0n) is 39.3. The van der Waals surface area contributed by atoms with E-state index in [1.807, 2.05) is 41.6 Å². The van der Waals surface area contributed by atoms with E-state index in [2.05, 4.69) is 15.0 Å². The van der Waals surface area contributed by atoms with Crippen molar-refractivity contribution in [3.63, 3.8) is 0 Å². The molecule has 4 atom stereocenters. The number of H-pyrrole nitrogens is 2. The van der Waals surface area contributed by atoms with Crippen molar-refractivity contribution < 1.29 is 61.4 Å². The monoisotopic (exact) mass is 1030 g/mol. The van der Waals surface area contributed by atoms with Crippen LogP contribution >= 0.6 is 23.2 Å². The molecule has 0 aliphatic carbocycles. The fraction of sp³-hybridized carbons (Fsp3) is 0.320. The summed E-state index contributed by atoms with van der Waals surface area (Å²) >= 11 is 12.0. The number of amides is 1. The maximum Gasteiger partial charge on any atom is 0.374 e. The lowest BCUT2D eigenvalue weighted by Crippen LogP contribution is -2.45. The number of hydrogen-bond acceptors (Lipinski definition) is 12. The van der Waals surface area contributed by atoms with E-state index in [-0.39, 0.29) is 49.6 Å². The highest BCUT2D eigenvalue weighted by atomic mass is 35.5. The molecule has 17 nitrogen and oxygen atoms in total. The van der Waals surface area contributed by atoms with Crippen molar-refractivity contribution in [1.82, 2.24) is 15.6 Å². The van der Waals surface area contributed by atoms with Gasteiger partial charge in [-0.15, -0.1) is 0 Å². The molecule has 2 heterocycles. The number of benzene rings is 4. The maximum absolute atomic E-state index is 14.3. The second kappa shape index (κ2) is 26.3. The third-order valence-corrected chi connectivity index (χ3v) is 11.3. The molecule has 6 aromatic rings. The van der Waals surface area contributed by atoms with E-state index < -0.39 is 57.6 Å². The van der Waals surface area contributed by atoms with E-state index in [4.69, 9.17) is 52.8 Å². The molecule has 380 valence electrons.